The average Bonchev–Trinajstić information content (AvgIpc) is 2.86. The molecule has 1 saturated heterocycles. The lowest BCUT2D eigenvalue weighted by Gasteiger charge is -2.34. The molecule has 1 fully saturated rings. The highest BCUT2D eigenvalue weighted by atomic mass is 32.2. The van der Waals surface area contributed by atoms with Crippen molar-refractivity contribution in [2.24, 2.45) is 11.8 Å². The molecule has 0 unspecified atom stereocenters. The van der Waals surface area contributed by atoms with Crippen molar-refractivity contribution in [2.45, 2.75) is 24.6 Å². The second-order valence-corrected chi connectivity index (χ2v) is 8.23. The van der Waals surface area contributed by atoms with Crippen molar-refractivity contribution in [1.29, 1.82) is 0 Å². The van der Waals surface area contributed by atoms with Crippen LogP contribution in [0.1, 0.15) is 20.3 Å². The van der Waals surface area contributed by atoms with Crippen molar-refractivity contribution in [3.8, 4) is 0 Å². The molecule has 1 aliphatic heterocycles. The summed E-state index contributed by atoms with van der Waals surface area (Å²) in [7, 11) is 0. The molecule has 1 aromatic carbocycles. The molecule has 2 aromatic rings. The number of fused-ring (bicyclic) bond motifs is 1. The van der Waals surface area contributed by atoms with Gasteiger partial charge >= 0.3 is 0 Å². The zero-order valence-electron chi connectivity index (χ0n) is 12.4. The Morgan fingerprint density at radius 2 is 2.05 bits per heavy atom. The van der Waals surface area contributed by atoms with Crippen LogP contribution in [0, 0.1) is 11.8 Å². The standard InChI is InChI=1S/C16H20N2OS2/c1-11-7-12(2)9-18(8-11)15(19)10-20-16-17-13-5-3-4-6-14(13)21-16/h3-6,11-12H,7-10H2,1-2H3/t11-,12+. The highest BCUT2D eigenvalue weighted by Gasteiger charge is 2.25. The number of carbonyl (C=O) groups is 1. The van der Waals surface area contributed by atoms with Gasteiger partial charge < -0.3 is 4.90 Å². The first-order valence-electron chi connectivity index (χ1n) is 7.38. The lowest BCUT2D eigenvalue weighted by Crippen LogP contribution is -2.43. The molecule has 2 heterocycles. The van der Waals surface area contributed by atoms with Crippen LogP contribution < -0.4 is 0 Å². The number of likely N-dealkylation sites (tertiary alicyclic amines) is 1. The minimum absolute atomic E-state index is 0.248. The molecule has 3 nitrogen and oxygen atoms in total. The van der Waals surface area contributed by atoms with E-state index in [0.29, 0.717) is 17.6 Å². The maximum atomic E-state index is 12.4. The minimum Gasteiger partial charge on any atom is -0.341 e. The highest BCUT2D eigenvalue weighted by Crippen LogP contribution is 2.30. The third kappa shape index (κ3) is 3.58. The fraction of sp³-hybridized carbons (Fsp3) is 0.500. The number of benzene rings is 1. The molecule has 5 heteroatoms. The summed E-state index contributed by atoms with van der Waals surface area (Å²) in [6, 6.07) is 8.12. The number of thioether (sulfide) groups is 1. The summed E-state index contributed by atoms with van der Waals surface area (Å²) >= 11 is 3.23. The van der Waals surface area contributed by atoms with Gasteiger partial charge in [0, 0.05) is 13.1 Å². The summed E-state index contributed by atoms with van der Waals surface area (Å²) in [5, 5.41) is 0. The maximum absolute atomic E-state index is 12.4. The molecule has 1 aliphatic rings. The summed E-state index contributed by atoms with van der Waals surface area (Å²) in [6.45, 7) is 6.28. The van der Waals surface area contributed by atoms with Crippen LogP contribution in [0.3, 0.4) is 0 Å². The van der Waals surface area contributed by atoms with Crippen molar-refractivity contribution < 1.29 is 4.79 Å². The van der Waals surface area contributed by atoms with E-state index in [0.717, 1.165) is 22.9 Å². The summed E-state index contributed by atoms with van der Waals surface area (Å²) in [5.74, 6) is 1.98. The number of hydrogen-bond acceptors (Lipinski definition) is 4. The Balaban J connectivity index is 1.60. The molecular formula is C16H20N2OS2. The number of carbonyl (C=O) groups excluding carboxylic acids is 1. The molecule has 1 aromatic heterocycles. The van der Waals surface area contributed by atoms with Crippen LogP contribution >= 0.6 is 23.1 Å². The van der Waals surface area contributed by atoms with Crippen molar-refractivity contribution in [1.82, 2.24) is 9.88 Å². The second-order valence-electron chi connectivity index (χ2n) is 5.98. The number of amides is 1. The van der Waals surface area contributed by atoms with Crippen LogP contribution in [-0.2, 0) is 4.79 Å². The third-order valence-corrected chi connectivity index (χ3v) is 5.98. The van der Waals surface area contributed by atoms with E-state index in [9.17, 15) is 4.79 Å². The number of hydrogen-bond donors (Lipinski definition) is 0. The predicted molar refractivity (Wildman–Crippen MR) is 89.9 cm³/mol. The Labute approximate surface area is 133 Å². The van der Waals surface area contributed by atoms with E-state index < -0.39 is 0 Å². The van der Waals surface area contributed by atoms with Crippen LogP contribution in [0.2, 0.25) is 0 Å². The molecule has 3 rings (SSSR count). The monoisotopic (exact) mass is 320 g/mol. The van der Waals surface area contributed by atoms with Crippen LogP contribution in [0.15, 0.2) is 28.6 Å². The fourth-order valence-electron chi connectivity index (χ4n) is 2.99. The molecular weight excluding hydrogens is 300 g/mol. The van der Waals surface area contributed by atoms with Gasteiger partial charge in [0.25, 0.3) is 0 Å². The van der Waals surface area contributed by atoms with Crippen molar-refractivity contribution in [3.05, 3.63) is 24.3 Å². The quantitative estimate of drug-likeness (QED) is 0.804. The van der Waals surface area contributed by atoms with Crippen LogP contribution in [0.5, 0.6) is 0 Å². The number of aromatic nitrogens is 1. The molecule has 0 N–H and O–H groups in total. The largest absolute Gasteiger partial charge is 0.341 e. The Hall–Kier alpha value is -1.07. The SMILES string of the molecule is C[C@@H]1C[C@H](C)CN(C(=O)CSc2nc3ccccc3s2)C1. The molecule has 112 valence electrons. The molecule has 1 amide bonds. The molecule has 2 atom stereocenters. The van der Waals surface area contributed by atoms with Crippen molar-refractivity contribution in [3.63, 3.8) is 0 Å². The molecule has 21 heavy (non-hydrogen) atoms. The average molecular weight is 320 g/mol. The lowest BCUT2D eigenvalue weighted by atomic mass is 9.92. The van der Waals surface area contributed by atoms with Gasteiger partial charge in [0.05, 0.1) is 16.0 Å². The van der Waals surface area contributed by atoms with Gasteiger partial charge in [0.15, 0.2) is 4.34 Å². The summed E-state index contributed by atoms with van der Waals surface area (Å²) in [4.78, 5) is 19.0. The van der Waals surface area contributed by atoms with Crippen LogP contribution in [-0.4, -0.2) is 34.6 Å². The van der Waals surface area contributed by atoms with E-state index >= 15 is 0 Å². The maximum Gasteiger partial charge on any atom is 0.233 e. The lowest BCUT2D eigenvalue weighted by molar-refractivity contribution is -0.130. The van der Waals surface area contributed by atoms with Crippen molar-refractivity contribution >= 4 is 39.2 Å². The number of para-hydroxylation sites is 1. The minimum atomic E-state index is 0.248. The van der Waals surface area contributed by atoms with E-state index in [1.54, 1.807) is 23.1 Å². The van der Waals surface area contributed by atoms with Gasteiger partial charge in [-0.1, -0.05) is 37.7 Å². The molecule has 0 bridgehead atoms. The Morgan fingerprint density at radius 3 is 2.76 bits per heavy atom. The van der Waals surface area contributed by atoms with Crippen molar-refractivity contribution in [2.75, 3.05) is 18.8 Å². The number of rotatable bonds is 3. The van der Waals surface area contributed by atoms with Gasteiger partial charge in [-0.2, -0.15) is 0 Å². The molecule has 0 spiro atoms. The first-order chi connectivity index (χ1) is 10.1. The van der Waals surface area contributed by atoms with Gasteiger partial charge in [0.1, 0.15) is 0 Å². The van der Waals surface area contributed by atoms with E-state index in [1.165, 1.54) is 11.1 Å². The number of nitrogens with zero attached hydrogens (tertiary/aromatic N) is 2. The highest BCUT2D eigenvalue weighted by molar-refractivity contribution is 8.01. The predicted octanol–water partition coefficient (Wildman–Crippen LogP) is 3.89. The van der Waals surface area contributed by atoms with Gasteiger partial charge in [-0.05, 0) is 30.4 Å². The number of thiazole rings is 1. The first kappa shape index (κ1) is 14.9. The van der Waals surface area contributed by atoms with E-state index in [4.69, 9.17) is 0 Å². The van der Waals surface area contributed by atoms with Crippen LogP contribution in [0.4, 0.5) is 0 Å². The second kappa shape index (κ2) is 6.36. The molecule has 0 aliphatic carbocycles. The zero-order chi connectivity index (χ0) is 14.8. The van der Waals surface area contributed by atoms with Gasteiger partial charge in [-0.15, -0.1) is 11.3 Å². The summed E-state index contributed by atoms with van der Waals surface area (Å²) in [5.41, 5.74) is 1.03. The first-order valence-corrected chi connectivity index (χ1v) is 9.18. The Bertz CT molecular complexity index is 597. The smallest absolute Gasteiger partial charge is 0.233 e. The fourth-order valence-corrected chi connectivity index (χ4v) is 4.97. The van der Waals surface area contributed by atoms with Gasteiger partial charge in [-0.25, -0.2) is 4.98 Å². The molecule has 0 saturated carbocycles. The van der Waals surface area contributed by atoms with Gasteiger partial charge in [-0.3, -0.25) is 4.79 Å². The van der Waals surface area contributed by atoms with Crippen LogP contribution in [0.25, 0.3) is 10.2 Å². The van der Waals surface area contributed by atoms with Gasteiger partial charge in [0.2, 0.25) is 5.91 Å². The van der Waals surface area contributed by atoms with E-state index in [-0.39, 0.29) is 5.91 Å². The summed E-state index contributed by atoms with van der Waals surface area (Å²) in [6.07, 6.45) is 1.23. The molecule has 0 radical (unpaired) electrons. The zero-order valence-corrected chi connectivity index (χ0v) is 14.0. The van der Waals surface area contributed by atoms with E-state index in [2.05, 4.69) is 24.9 Å². The van der Waals surface area contributed by atoms with E-state index in [1.807, 2.05) is 23.1 Å². The summed E-state index contributed by atoms with van der Waals surface area (Å²) < 4.78 is 2.18. The topological polar surface area (TPSA) is 33.2 Å². The normalized spacial score (nSPS) is 22.7. The number of piperidine rings is 1. The Kier molecular flexibility index (Phi) is 4.50. The third-order valence-electron chi connectivity index (χ3n) is 3.81. The Morgan fingerprint density at radius 1 is 1.33 bits per heavy atom.